The van der Waals surface area contributed by atoms with Crippen LogP contribution in [0.15, 0.2) is 76.1 Å². The van der Waals surface area contributed by atoms with Crippen LogP contribution in [0.3, 0.4) is 0 Å². The van der Waals surface area contributed by atoms with E-state index in [-0.39, 0.29) is 5.43 Å². The number of nitrogens with zero attached hydrogens (tertiary/aromatic N) is 1. The quantitative estimate of drug-likeness (QED) is 0.309. The minimum Gasteiger partial charge on any atom is -0.464 e. The average molecular weight is 297 g/mol. The maximum absolute atomic E-state index is 12.9. The molecule has 2 aromatic heterocycles. The van der Waals surface area contributed by atoms with Gasteiger partial charge >= 0.3 is 0 Å². The fraction of sp³-hybridized carbons (Fsp3) is 0. The summed E-state index contributed by atoms with van der Waals surface area (Å²) in [6, 6.07) is 19.2. The maximum Gasteiger partial charge on any atom is 0.197 e. The summed E-state index contributed by atoms with van der Waals surface area (Å²) in [7, 11) is 0. The molecule has 3 nitrogen and oxygen atoms in total. The van der Waals surface area contributed by atoms with E-state index < -0.39 is 0 Å². The van der Waals surface area contributed by atoms with Crippen LogP contribution in [0.4, 0.5) is 0 Å². The van der Waals surface area contributed by atoms with Gasteiger partial charge in [-0.25, -0.2) is 4.98 Å². The first-order chi connectivity index (χ1) is 11.3. The van der Waals surface area contributed by atoms with E-state index in [2.05, 4.69) is 0 Å². The van der Waals surface area contributed by atoms with Crippen LogP contribution in [0.2, 0.25) is 0 Å². The molecule has 0 N–H and O–H groups in total. The van der Waals surface area contributed by atoms with Crippen LogP contribution in [0.25, 0.3) is 43.5 Å². The summed E-state index contributed by atoms with van der Waals surface area (Å²) in [5, 5.41) is 4.21. The number of fused-ring (bicyclic) bond motifs is 6. The minimum absolute atomic E-state index is 0.0153. The number of hydrogen-bond acceptors (Lipinski definition) is 3. The Hall–Kier alpha value is -3.20. The lowest BCUT2D eigenvalue weighted by atomic mass is 10.0. The monoisotopic (exact) mass is 297 g/mol. The van der Waals surface area contributed by atoms with Gasteiger partial charge in [-0.1, -0.05) is 30.3 Å². The fourth-order valence-corrected chi connectivity index (χ4v) is 3.22. The number of aromatic nitrogens is 1. The maximum atomic E-state index is 12.9. The highest BCUT2D eigenvalue weighted by Gasteiger charge is 2.12. The van der Waals surface area contributed by atoms with Crippen LogP contribution in [0.5, 0.6) is 0 Å². The molecule has 0 saturated carbocycles. The van der Waals surface area contributed by atoms with Crippen molar-refractivity contribution >= 4 is 43.5 Å². The Morgan fingerprint density at radius 3 is 2.35 bits per heavy atom. The molecule has 0 spiro atoms. The van der Waals surface area contributed by atoms with Crippen molar-refractivity contribution in [3.63, 3.8) is 0 Å². The highest BCUT2D eigenvalue weighted by atomic mass is 16.3. The van der Waals surface area contributed by atoms with Gasteiger partial charge in [-0.2, -0.15) is 0 Å². The molecule has 0 bridgehead atoms. The smallest absolute Gasteiger partial charge is 0.197 e. The molecule has 2 heterocycles. The van der Waals surface area contributed by atoms with Crippen molar-refractivity contribution in [3.8, 4) is 0 Å². The molecular weight excluding hydrogens is 286 g/mol. The van der Waals surface area contributed by atoms with E-state index in [1.807, 2.05) is 54.6 Å². The third-order valence-corrected chi connectivity index (χ3v) is 4.33. The predicted octanol–water partition coefficient (Wildman–Crippen LogP) is 4.65. The van der Waals surface area contributed by atoms with Gasteiger partial charge in [-0.15, -0.1) is 0 Å². The van der Waals surface area contributed by atoms with Gasteiger partial charge < -0.3 is 4.42 Å². The lowest BCUT2D eigenvalue weighted by Crippen LogP contribution is -2.04. The molecule has 5 rings (SSSR count). The van der Waals surface area contributed by atoms with E-state index in [4.69, 9.17) is 9.40 Å². The summed E-state index contributed by atoms with van der Waals surface area (Å²) in [6.07, 6.45) is 1.63. The SMILES string of the molecule is O=c1c2ccc3ccccc3c2nc2c1ccc1occcc12. The van der Waals surface area contributed by atoms with Gasteiger partial charge in [0.15, 0.2) is 5.43 Å². The topological polar surface area (TPSA) is 43.1 Å². The van der Waals surface area contributed by atoms with Gasteiger partial charge in [0.25, 0.3) is 0 Å². The van der Waals surface area contributed by atoms with Crippen LogP contribution >= 0.6 is 0 Å². The van der Waals surface area contributed by atoms with Crippen LogP contribution in [0.1, 0.15) is 0 Å². The summed E-state index contributed by atoms with van der Waals surface area (Å²) >= 11 is 0. The van der Waals surface area contributed by atoms with Crippen molar-refractivity contribution in [2.24, 2.45) is 0 Å². The second kappa shape index (κ2) is 4.40. The second-order valence-electron chi connectivity index (χ2n) is 5.61. The van der Waals surface area contributed by atoms with Crippen molar-refractivity contribution < 1.29 is 4.42 Å². The van der Waals surface area contributed by atoms with Crippen molar-refractivity contribution in [2.75, 3.05) is 0 Å². The van der Waals surface area contributed by atoms with Gasteiger partial charge in [0.1, 0.15) is 5.58 Å². The highest BCUT2D eigenvalue weighted by Crippen LogP contribution is 2.27. The summed E-state index contributed by atoms with van der Waals surface area (Å²) in [5.74, 6) is 0. The molecule has 0 radical (unpaired) electrons. The molecule has 108 valence electrons. The molecule has 0 atom stereocenters. The lowest BCUT2D eigenvalue weighted by molar-refractivity contribution is 0.604. The molecule has 3 heteroatoms. The van der Waals surface area contributed by atoms with Crippen LogP contribution in [-0.4, -0.2) is 4.98 Å². The van der Waals surface area contributed by atoms with E-state index in [0.29, 0.717) is 16.3 Å². The third kappa shape index (κ3) is 1.64. The lowest BCUT2D eigenvalue weighted by Gasteiger charge is -2.06. The number of hydrogen-bond donors (Lipinski definition) is 0. The first kappa shape index (κ1) is 12.4. The molecule has 0 aliphatic carbocycles. The highest BCUT2D eigenvalue weighted by molar-refractivity contribution is 6.12. The van der Waals surface area contributed by atoms with Crippen molar-refractivity contribution in [2.45, 2.75) is 0 Å². The van der Waals surface area contributed by atoms with Crippen LogP contribution in [0, 0.1) is 0 Å². The molecule has 0 unspecified atom stereocenters. The predicted molar refractivity (Wildman–Crippen MR) is 92.8 cm³/mol. The van der Waals surface area contributed by atoms with Gasteiger partial charge in [0.05, 0.1) is 17.3 Å². The standard InChI is InChI=1S/C20H11NO2/c22-20-15-8-7-12-4-1-2-5-13(12)18(15)21-19-14-6-3-11-23-17(14)10-9-16(19)20/h1-11H. The Morgan fingerprint density at radius 1 is 0.696 bits per heavy atom. The second-order valence-corrected chi connectivity index (χ2v) is 5.61. The minimum atomic E-state index is 0.0153. The molecule has 0 saturated heterocycles. The molecule has 23 heavy (non-hydrogen) atoms. The van der Waals surface area contributed by atoms with Crippen molar-refractivity contribution in [1.29, 1.82) is 0 Å². The molecule has 0 aliphatic heterocycles. The first-order valence-corrected chi connectivity index (χ1v) is 7.45. The van der Waals surface area contributed by atoms with E-state index in [1.165, 1.54) is 0 Å². The van der Waals surface area contributed by atoms with Gasteiger partial charge in [0, 0.05) is 21.5 Å². The third-order valence-electron chi connectivity index (χ3n) is 4.33. The summed E-state index contributed by atoms with van der Waals surface area (Å²) in [6.45, 7) is 0. The number of rotatable bonds is 0. The molecule has 3 aromatic carbocycles. The summed E-state index contributed by atoms with van der Waals surface area (Å²) in [4.78, 5) is 17.7. The first-order valence-electron chi connectivity index (χ1n) is 7.45. The number of benzene rings is 3. The van der Waals surface area contributed by atoms with Gasteiger partial charge in [-0.05, 0) is 35.7 Å². The molecule has 0 aliphatic rings. The average Bonchev–Trinajstić information content (AvgIpc) is 2.61. The van der Waals surface area contributed by atoms with Crippen LogP contribution < -0.4 is 5.43 Å². The van der Waals surface area contributed by atoms with E-state index in [1.54, 1.807) is 12.3 Å². The van der Waals surface area contributed by atoms with E-state index >= 15 is 0 Å². The van der Waals surface area contributed by atoms with E-state index in [9.17, 15) is 4.79 Å². The normalized spacial score (nSPS) is 11.7. The van der Waals surface area contributed by atoms with Crippen molar-refractivity contribution in [1.82, 2.24) is 4.98 Å². The fourth-order valence-electron chi connectivity index (χ4n) is 3.22. The zero-order valence-corrected chi connectivity index (χ0v) is 12.1. The number of pyridine rings is 1. The van der Waals surface area contributed by atoms with Crippen LogP contribution in [-0.2, 0) is 0 Å². The largest absolute Gasteiger partial charge is 0.464 e. The Balaban J connectivity index is 2.12. The Labute approximate surface area is 130 Å². The van der Waals surface area contributed by atoms with Gasteiger partial charge in [0.2, 0.25) is 0 Å². The molecular formula is C20H11NO2. The van der Waals surface area contributed by atoms with Gasteiger partial charge in [-0.3, -0.25) is 4.79 Å². The molecule has 0 fully saturated rings. The Kier molecular flexibility index (Phi) is 2.36. The Morgan fingerprint density at radius 2 is 1.43 bits per heavy atom. The zero-order valence-electron chi connectivity index (χ0n) is 12.1. The molecule has 0 amide bonds. The summed E-state index contributed by atoms with van der Waals surface area (Å²) < 4.78 is 5.52. The zero-order chi connectivity index (χ0) is 15.4. The van der Waals surface area contributed by atoms with E-state index in [0.717, 1.165) is 27.3 Å². The summed E-state index contributed by atoms with van der Waals surface area (Å²) in [5.41, 5.74) is 2.19. The Bertz CT molecular complexity index is 1190. The molecule has 5 aromatic rings. The van der Waals surface area contributed by atoms with Crippen molar-refractivity contribution in [3.05, 3.63) is 77.2 Å².